The van der Waals surface area contributed by atoms with Crippen molar-refractivity contribution in [3.63, 3.8) is 0 Å². The number of rotatable bonds is 6. The van der Waals surface area contributed by atoms with Crippen LogP contribution in [0.15, 0.2) is 41.3 Å². The van der Waals surface area contributed by atoms with Crippen LogP contribution < -0.4 is 4.74 Å². The number of carbonyl (C=O) groups excluding carboxylic acids is 1. The predicted molar refractivity (Wildman–Crippen MR) is 90.7 cm³/mol. The highest BCUT2D eigenvalue weighted by molar-refractivity contribution is 7.10. The number of hydrogen-bond donors (Lipinski definition) is 0. The first kappa shape index (κ1) is 16.9. The number of methoxy groups -OCH3 is 1. The summed E-state index contributed by atoms with van der Waals surface area (Å²) in [5, 5.41) is 11.7. The van der Waals surface area contributed by atoms with Crippen molar-refractivity contribution in [2.45, 2.75) is 26.2 Å². The number of aryl methyl sites for hydroxylation is 1. The molecule has 0 radical (unpaired) electrons. The molecule has 0 bridgehead atoms. The van der Waals surface area contributed by atoms with E-state index >= 15 is 0 Å². The predicted octanol–water partition coefficient (Wildman–Crippen LogP) is 3.83. The van der Waals surface area contributed by atoms with Crippen LogP contribution in [0.3, 0.4) is 0 Å². The van der Waals surface area contributed by atoms with Gasteiger partial charge in [-0.3, -0.25) is 4.79 Å². The van der Waals surface area contributed by atoms with Gasteiger partial charge in [-0.15, -0.1) is 11.3 Å². The van der Waals surface area contributed by atoms with E-state index in [-0.39, 0.29) is 5.78 Å². The lowest BCUT2D eigenvalue weighted by Gasteiger charge is -2.08. The molecule has 23 heavy (non-hydrogen) atoms. The number of benzene rings is 1. The Morgan fingerprint density at radius 2 is 2.22 bits per heavy atom. The summed E-state index contributed by atoms with van der Waals surface area (Å²) in [4.78, 5) is 16.6. The number of ether oxygens (including phenoxy) is 1. The first-order valence-corrected chi connectivity index (χ1v) is 8.07. The number of ketones is 1. The number of para-hydroxylation sites is 1. The SMILES string of the molecule is COc1ccccc1C/C(C)=C\C(=O)[C@H](C#N)c1nc(C)cs1. The Bertz CT molecular complexity index is 771. The highest BCUT2D eigenvalue weighted by Gasteiger charge is 2.21. The van der Waals surface area contributed by atoms with Crippen LogP contribution in [0.4, 0.5) is 0 Å². The molecule has 2 rings (SSSR count). The van der Waals surface area contributed by atoms with Crippen LogP contribution in [0.2, 0.25) is 0 Å². The van der Waals surface area contributed by atoms with Crippen molar-refractivity contribution in [2.24, 2.45) is 0 Å². The highest BCUT2D eigenvalue weighted by atomic mass is 32.1. The van der Waals surface area contributed by atoms with Gasteiger partial charge in [-0.25, -0.2) is 4.98 Å². The molecule has 5 heteroatoms. The van der Waals surface area contributed by atoms with Crippen LogP contribution in [0.25, 0.3) is 0 Å². The number of thiazole rings is 1. The molecule has 0 aliphatic carbocycles. The molecule has 0 N–H and O–H groups in total. The maximum Gasteiger partial charge on any atom is 0.179 e. The van der Waals surface area contributed by atoms with Crippen molar-refractivity contribution in [2.75, 3.05) is 7.11 Å². The van der Waals surface area contributed by atoms with E-state index < -0.39 is 5.92 Å². The average Bonchev–Trinajstić information content (AvgIpc) is 2.94. The van der Waals surface area contributed by atoms with Gasteiger partial charge in [0, 0.05) is 11.1 Å². The summed E-state index contributed by atoms with van der Waals surface area (Å²) in [7, 11) is 1.62. The first-order valence-electron chi connectivity index (χ1n) is 7.19. The van der Waals surface area contributed by atoms with Crippen LogP contribution in [-0.2, 0) is 11.2 Å². The number of carbonyl (C=O) groups is 1. The lowest BCUT2D eigenvalue weighted by atomic mass is 10.0. The van der Waals surface area contributed by atoms with Crippen molar-refractivity contribution in [1.29, 1.82) is 5.26 Å². The molecule has 0 saturated carbocycles. The summed E-state index contributed by atoms with van der Waals surface area (Å²) in [6.45, 7) is 3.73. The van der Waals surface area contributed by atoms with Gasteiger partial charge in [-0.1, -0.05) is 23.8 Å². The van der Waals surface area contributed by atoms with Gasteiger partial charge in [0.15, 0.2) is 11.7 Å². The van der Waals surface area contributed by atoms with E-state index in [1.165, 1.54) is 17.4 Å². The topological polar surface area (TPSA) is 63.0 Å². The molecular weight excluding hydrogens is 308 g/mol. The Labute approximate surface area is 140 Å². The van der Waals surface area contributed by atoms with Crippen LogP contribution >= 0.6 is 11.3 Å². The fourth-order valence-electron chi connectivity index (χ4n) is 2.27. The molecule has 0 aliphatic rings. The van der Waals surface area contributed by atoms with Crippen molar-refractivity contribution < 1.29 is 9.53 Å². The second-order valence-corrected chi connectivity index (χ2v) is 6.16. The molecule has 4 nitrogen and oxygen atoms in total. The first-order chi connectivity index (χ1) is 11.0. The summed E-state index contributed by atoms with van der Waals surface area (Å²) < 4.78 is 5.32. The summed E-state index contributed by atoms with van der Waals surface area (Å²) in [5.74, 6) is -0.268. The molecule has 1 heterocycles. The summed E-state index contributed by atoms with van der Waals surface area (Å²) in [5.41, 5.74) is 2.72. The van der Waals surface area contributed by atoms with Gasteiger partial charge in [-0.05, 0) is 38.0 Å². The van der Waals surface area contributed by atoms with Crippen LogP contribution in [0, 0.1) is 18.3 Å². The third-order valence-electron chi connectivity index (χ3n) is 3.35. The standard InChI is InChI=1S/C18H18N2O2S/c1-12(8-14-6-4-5-7-17(14)22-3)9-16(21)15(10-19)18-20-13(2)11-23-18/h4-7,9,11,15H,8H2,1-3H3/b12-9-/t15-/m0/s1. The zero-order valence-electron chi connectivity index (χ0n) is 13.4. The summed E-state index contributed by atoms with van der Waals surface area (Å²) >= 11 is 1.34. The minimum atomic E-state index is -0.832. The van der Waals surface area contributed by atoms with Gasteiger partial charge in [0.05, 0.1) is 13.2 Å². The van der Waals surface area contributed by atoms with E-state index in [1.54, 1.807) is 7.11 Å². The summed E-state index contributed by atoms with van der Waals surface area (Å²) in [6.07, 6.45) is 2.14. The fraction of sp³-hybridized carbons (Fsp3) is 0.278. The molecule has 0 aliphatic heterocycles. The molecule has 0 amide bonds. The van der Waals surface area contributed by atoms with Gasteiger partial charge in [0.1, 0.15) is 10.8 Å². The van der Waals surface area contributed by atoms with E-state index in [1.807, 2.05) is 43.5 Å². The number of nitrogens with zero attached hydrogens (tertiary/aromatic N) is 2. The molecule has 0 spiro atoms. The number of hydrogen-bond acceptors (Lipinski definition) is 5. The van der Waals surface area contributed by atoms with Gasteiger partial charge in [0.2, 0.25) is 0 Å². The molecular formula is C18H18N2O2S. The summed E-state index contributed by atoms with van der Waals surface area (Å²) in [6, 6.07) is 9.75. The quantitative estimate of drug-likeness (QED) is 0.757. The maximum atomic E-state index is 12.4. The maximum absolute atomic E-state index is 12.4. The van der Waals surface area contributed by atoms with Gasteiger partial charge >= 0.3 is 0 Å². The monoisotopic (exact) mass is 326 g/mol. The van der Waals surface area contributed by atoms with Gasteiger partial charge in [-0.2, -0.15) is 5.26 Å². The van der Waals surface area contributed by atoms with E-state index in [2.05, 4.69) is 11.1 Å². The lowest BCUT2D eigenvalue weighted by Crippen LogP contribution is -2.09. The van der Waals surface area contributed by atoms with Crippen molar-refractivity contribution in [1.82, 2.24) is 4.98 Å². The van der Waals surface area contributed by atoms with E-state index in [0.717, 1.165) is 22.6 Å². The van der Waals surface area contributed by atoms with Crippen molar-refractivity contribution in [3.8, 4) is 11.8 Å². The normalized spacial score (nSPS) is 12.5. The Kier molecular flexibility index (Phi) is 5.67. The molecule has 1 aromatic carbocycles. The average molecular weight is 326 g/mol. The zero-order chi connectivity index (χ0) is 16.8. The Morgan fingerprint density at radius 1 is 1.48 bits per heavy atom. The van der Waals surface area contributed by atoms with E-state index in [0.29, 0.717) is 11.4 Å². The van der Waals surface area contributed by atoms with Crippen LogP contribution in [0.5, 0.6) is 5.75 Å². The second-order valence-electron chi connectivity index (χ2n) is 5.27. The van der Waals surface area contributed by atoms with Gasteiger partial charge < -0.3 is 4.74 Å². The minimum Gasteiger partial charge on any atom is -0.496 e. The third kappa shape index (κ3) is 4.27. The fourth-order valence-corrected chi connectivity index (χ4v) is 3.12. The van der Waals surface area contributed by atoms with Crippen LogP contribution in [0.1, 0.15) is 29.1 Å². The Hall–Kier alpha value is -2.45. The Balaban J connectivity index is 2.16. The number of nitriles is 1. The van der Waals surface area contributed by atoms with Crippen LogP contribution in [-0.4, -0.2) is 17.9 Å². The number of allylic oxidation sites excluding steroid dienone is 2. The van der Waals surface area contributed by atoms with E-state index in [9.17, 15) is 10.1 Å². The molecule has 118 valence electrons. The number of aromatic nitrogens is 1. The minimum absolute atomic E-state index is 0.228. The van der Waals surface area contributed by atoms with E-state index in [4.69, 9.17) is 4.74 Å². The molecule has 1 aromatic heterocycles. The molecule has 1 atom stereocenters. The Morgan fingerprint density at radius 3 is 2.83 bits per heavy atom. The third-order valence-corrected chi connectivity index (χ3v) is 4.38. The molecule has 0 unspecified atom stereocenters. The van der Waals surface area contributed by atoms with Crippen molar-refractivity contribution >= 4 is 17.1 Å². The largest absolute Gasteiger partial charge is 0.496 e. The smallest absolute Gasteiger partial charge is 0.179 e. The van der Waals surface area contributed by atoms with Gasteiger partial charge in [0.25, 0.3) is 0 Å². The molecule has 0 saturated heterocycles. The zero-order valence-corrected chi connectivity index (χ0v) is 14.2. The lowest BCUT2D eigenvalue weighted by molar-refractivity contribution is -0.114. The molecule has 0 fully saturated rings. The molecule has 2 aromatic rings. The van der Waals surface area contributed by atoms with Crippen molar-refractivity contribution in [3.05, 3.63) is 57.6 Å². The highest BCUT2D eigenvalue weighted by Crippen LogP contribution is 2.23. The second kappa shape index (κ2) is 7.70.